The summed E-state index contributed by atoms with van der Waals surface area (Å²) in [4.78, 5) is 4.02. The minimum atomic E-state index is 0. The van der Waals surface area contributed by atoms with Gasteiger partial charge in [-0.2, -0.15) is 0 Å². The highest BCUT2D eigenvalue weighted by molar-refractivity contribution is 14.0. The summed E-state index contributed by atoms with van der Waals surface area (Å²) in [5.74, 6) is 2.23. The number of ether oxygens (including phenoxy) is 1. The number of nitrogens with one attached hydrogen (secondary N) is 2. The zero-order chi connectivity index (χ0) is 13.4. The zero-order valence-electron chi connectivity index (χ0n) is 12.1. The molecule has 19 heavy (non-hydrogen) atoms. The predicted molar refractivity (Wildman–Crippen MR) is 91.9 cm³/mol. The fourth-order valence-electron chi connectivity index (χ4n) is 1.57. The van der Waals surface area contributed by atoms with E-state index in [0.29, 0.717) is 12.5 Å². The topological polar surface area (TPSA) is 45.7 Å². The average Bonchev–Trinajstić information content (AvgIpc) is 2.39. The van der Waals surface area contributed by atoms with E-state index in [1.165, 1.54) is 5.56 Å². The van der Waals surface area contributed by atoms with Crippen LogP contribution in [0.2, 0.25) is 0 Å². The van der Waals surface area contributed by atoms with Crippen LogP contribution in [0.15, 0.2) is 29.3 Å². The van der Waals surface area contributed by atoms with Gasteiger partial charge in [0.1, 0.15) is 12.4 Å². The largest absolute Gasteiger partial charge is 0.492 e. The van der Waals surface area contributed by atoms with Gasteiger partial charge in [0.05, 0.1) is 6.54 Å². The van der Waals surface area contributed by atoms with Crippen LogP contribution in [0.1, 0.15) is 25.3 Å². The summed E-state index contributed by atoms with van der Waals surface area (Å²) in [6, 6.07) is 8.25. The molecule has 5 heteroatoms. The molecule has 0 saturated carbocycles. The van der Waals surface area contributed by atoms with Crippen LogP contribution in [0.25, 0.3) is 0 Å². The Balaban J connectivity index is 0.00000324. The van der Waals surface area contributed by atoms with E-state index in [1.807, 2.05) is 19.2 Å². The number of nitrogens with zero attached hydrogens (tertiary/aromatic N) is 1. The maximum absolute atomic E-state index is 5.63. The molecule has 0 unspecified atom stereocenters. The Hall–Kier alpha value is -0.980. The van der Waals surface area contributed by atoms with Crippen molar-refractivity contribution in [1.82, 2.24) is 10.6 Å². The molecule has 0 radical (unpaired) electrons. The van der Waals surface area contributed by atoms with E-state index in [2.05, 4.69) is 41.6 Å². The number of halogens is 1. The Labute approximate surface area is 133 Å². The molecule has 2 N–H and O–H groups in total. The second kappa shape index (κ2) is 9.89. The highest BCUT2D eigenvalue weighted by Gasteiger charge is 1.99. The lowest BCUT2D eigenvalue weighted by molar-refractivity contribution is 0.322. The van der Waals surface area contributed by atoms with Crippen molar-refractivity contribution in [2.75, 3.05) is 27.2 Å². The zero-order valence-corrected chi connectivity index (χ0v) is 14.4. The Morgan fingerprint density at radius 2 is 1.89 bits per heavy atom. The summed E-state index contributed by atoms with van der Waals surface area (Å²) < 4.78 is 5.63. The van der Waals surface area contributed by atoms with E-state index in [0.717, 1.165) is 18.3 Å². The Kier molecular flexibility index (Phi) is 9.38. The van der Waals surface area contributed by atoms with Crippen LogP contribution in [-0.2, 0) is 0 Å². The first-order chi connectivity index (χ1) is 8.67. The van der Waals surface area contributed by atoms with E-state index in [9.17, 15) is 0 Å². The van der Waals surface area contributed by atoms with Crippen LogP contribution >= 0.6 is 24.0 Å². The van der Waals surface area contributed by atoms with Crippen LogP contribution in [-0.4, -0.2) is 33.2 Å². The molecular weight excluding hydrogens is 353 g/mol. The Morgan fingerprint density at radius 1 is 1.26 bits per heavy atom. The molecule has 0 aliphatic rings. The molecule has 0 aliphatic carbocycles. The van der Waals surface area contributed by atoms with Crippen molar-refractivity contribution in [3.8, 4) is 5.75 Å². The third-order valence-electron chi connectivity index (χ3n) is 2.67. The first kappa shape index (κ1) is 18.0. The molecular formula is C14H24IN3O. The predicted octanol–water partition coefficient (Wildman–Crippen LogP) is 2.60. The van der Waals surface area contributed by atoms with Crippen molar-refractivity contribution in [3.63, 3.8) is 0 Å². The van der Waals surface area contributed by atoms with Gasteiger partial charge in [-0.1, -0.05) is 26.0 Å². The maximum atomic E-state index is 5.63. The normalized spacial score (nSPS) is 10.9. The smallest absolute Gasteiger partial charge is 0.190 e. The minimum Gasteiger partial charge on any atom is -0.492 e. The van der Waals surface area contributed by atoms with Gasteiger partial charge in [0.25, 0.3) is 0 Å². The molecule has 0 bridgehead atoms. The summed E-state index contributed by atoms with van der Waals surface area (Å²) in [5, 5.41) is 6.09. The maximum Gasteiger partial charge on any atom is 0.190 e. The summed E-state index contributed by atoms with van der Waals surface area (Å²) in [6.45, 7) is 5.70. The van der Waals surface area contributed by atoms with Crippen LogP contribution in [0.4, 0.5) is 0 Å². The molecule has 0 spiro atoms. The van der Waals surface area contributed by atoms with E-state index in [1.54, 1.807) is 7.05 Å². The van der Waals surface area contributed by atoms with Crippen molar-refractivity contribution in [2.24, 2.45) is 4.99 Å². The molecule has 4 nitrogen and oxygen atoms in total. The van der Waals surface area contributed by atoms with Crippen LogP contribution in [0.3, 0.4) is 0 Å². The van der Waals surface area contributed by atoms with Gasteiger partial charge in [-0.05, 0) is 23.6 Å². The summed E-state index contributed by atoms with van der Waals surface area (Å²) in [5.41, 5.74) is 1.33. The number of guanidine groups is 1. The summed E-state index contributed by atoms with van der Waals surface area (Å²) in [7, 11) is 3.57. The van der Waals surface area contributed by atoms with Gasteiger partial charge in [-0.25, -0.2) is 0 Å². The van der Waals surface area contributed by atoms with E-state index >= 15 is 0 Å². The quantitative estimate of drug-likeness (QED) is 0.359. The average molecular weight is 377 g/mol. The number of hydrogen-bond acceptors (Lipinski definition) is 2. The molecule has 1 rings (SSSR count). The van der Waals surface area contributed by atoms with Gasteiger partial charge in [-0.3, -0.25) is 4.99 Å². The monoisotopic (exact) mass is 377 g/mol. The SMILES string of the molecule is CN=C(NC)NCCOc1ccc(C(C)C)cc1.I. The van der Waals surface area contributed by atoms with E-state index in [-0.39, 0.29) is 24.0 Å². The van der Waals surface area contributed by atoms with E-state index in [4.69, 9.17) is 4.74 Å². The van der Waals surface area contributed by atoms with Crippen LogP contribution in [0.5, 0.6) is 5.75 Å². The van der Waals surface area contributed by atoms with Gasteiger partial charge in [0.15, 0.2) is 5.96 Å². The Morgan fingerprint density at radius 3 is 2.37 bits per heavy atom. The summed E-state index contributed by atoms with van der Waals surface area (Å²) in [6.07, 6.45) is 0. The number of hydrogen-bond donors (Lipinski definition) is 2. The molecule has 0 fully saturated rings. The third kappa shape index (κ3) is 6.66. The second-order valence-corrected chi connectivity index (χ2v) is 4.32. The molecule has 0 saturated heterocycles. The molecule has 1 aromatic carbocycles. The molecule has 0 aliphatic heterocycles. The molecule has 0 aromatic heterocycles. The van der Waals surface area contributed by atoms with Crippen molar-refractivity contribution in [3.05, 3.63) is 29.8 Å². The fraction of sp³-hybridized carbons (Fsp3) is 0.500. The number of benzene rings is 1. The van der Waals surface area contributed by atoms with Gasteiger partial charge >= 0.3 is 0 Å². The highest BCUT2D eigenvalue weighted by Crippen LogP contribution is 2.18. The molecule has 0 amide bonds. The van der Waals surface area contributed by atoms with Gasteiger partial charge in [0.2, 0.25) is 0 Å². The van der Waals surface area contributed by atoms with Crippen molar-refractivity contribution >= 4 is 29.9 Å². The first-order valence-electron chi connectivity index (χ1n) is 6.28. The molecule has 1 aromatic rings. The second-order valence-electron chi connectivity index (χ2n) is 4.32. The lowest BCUT2D eigenvalue weighted by Crippen LogP contribution is -2.37. The summed E-state index contributed by atoms with van der Waals surface area (Å²) >= 11 is 0. The molecule has 108 valence electrons. The lowest BCUT2D eigenvalue weighted by atomic mass is 10.0. The van der Waals surface area contributed by atoms with Crippen molar-refractivity contribution in [2.45, 2.75) is 19.8 Å². The lowest BCUT2D eigenvalue weighted by Gasteiger charge is -2.11. The van der Waals surface area contributed by atoms with Crippen molar-refractivity contribution < 1.29 is 4.74 Å². The van der Waals surface area contributed by atoms with Crippen LogP contribution < -0.4 is 15.4 Å². The minimum absolute atomic E-state index is 0. The molecule has 0 heterocycles. The Bertz CT molecular complexity index is 377. The fourth-order valence-corrected chi connectivity index (χ4v) is 1.57. The molecule has 0 atom stereocenters. The third-order valence-corrected chi connectivity index (χ3v) is 2.67. The van der Waals surface area contributed by atoms with Gasteiger partial charge in [-0.15, -0.1) is 24.0 Å². The number of aliphatic imine (C=N–C) groups is 1. The van der Waals surface area contributed by atoms with Crippen molar-refractivity contribution in [1.29, 1.82) is 0 Å². The highest BCUT2D eigenvalue weighted by atomic mass is 127. The number of rotatable bonds is 5. The van der Waals surface area contributed by atoms with Gasteiger partial charge < -0.3 is 15.4 Å². The van der Waals surface area contributed by atoms with Gasteiger partial charge in [0, 0.05) is 14.1 Å². The standard InChI is InChI=1S/C14H23N3O.HI/c1-11(2)12-5-7-13(8-6-12)18-10-9-17-14(15-3)16-4;/h5-8,11H,9-10H2,1-4H3,(H2,15,16,17);1H. The first-order valence-corrected chi connectivity index (χ1v) is 6.28. The van der Waals surface area contributed by atoms with Crippen LogP contribution in [0, 0.1) is 0 Å². The van der Waals surface area contributed by atoms with E-state index < -0.39 is 0 Å².